The largest absolute Gasteiger partial charge is 0.497 e. The number of aliphatic imine (C=N–C) groups is 1. The van der Waals surface area contributed by atoms with Crippen LogP contribution in [0.4, 0.5) is 0 Å². The Hall–Kier alpha value is -1.75. The van der Waals surface area contributed by atoms with Gasteiger partial charge in [0.25, 0.3) is 0 Å². The summed E-state index contributed by atoms with van der Waals surface area (Å²) in [6.07, 6.45) is 0. The fourth-order valence-corrected chi connectivity index (χ4v) is 2.19. The van der Waals surface area contributed by atoms with Crippen LogP contribution in [-0.4, -0.2) is 51.2 Å². The van der Waals surface area contributed by atoms with E-state index in [0.29, 0.717) is 12.6 Å². The van der Waals surface area contributed by atoms with Crippen molar-refractivity contribution in [1.29, 1.82) is 0 Å². The average molecular weight is 306 g/mol. The van der Waals surface area contributed by atoms with Crippen LogP contribution in [0.1, 0.15) is 32.4 Å². The molecule has 0 aromatic heterocycles. The van der Waals surface area contributed by atoms with Crippen LogP contribution >= 0.6 is 0 Å². The standard InChI is InChI=1S/C17H30N4O/c1-7-18-17(20-13(2)3)19-12-16(21(4)5)14-9-8-10-15(11-14)22-6/h8-11,13,16H,7,12H2,1-6H3,(H2,18,19,20). The molecule has 1 rings (SSSR count). The number of ether oxygens (including phenoxy) is 1. The molecule has 0 aliphatic rings. The fraction of sp³-hybridized carbons (Fsp3) is 0.588. The molecule has 1 aromatic rings. The maximum Gasteiger partial charge on any atom is 0.191 e. The molecule has 0 saturated heterocycles. The molecule has 124 valence electrons. The highest BCUT2D eigenvalue weighted by Gasteiger charge is 2.15. The van der Waals surface area contributed by atoms with E-state index in [-0.39, 0.29) is 6.04 Å². The maximum absolute atomic E-state index is 5.32. The van der Waals surface area contributed by atoms with Crippen LogP contribution in [0.2, 0.25) is 0 Å². The Balaban J connectivity index is 2.90. The molecule has 2 N–H and O–H groups in total. The number of likely N-dealkylation sites (N-methyl/N-ethyl adjacent to an activating group) is 1. The SMILES string of the molecule is CCNC(=NCC(c1cccc(OC)c1)N(C)C)NC(C)C. The Morgan fingerprint density at radius 1 is 1.32 bits per heavy atom. The van der Waals surface area contributed by atoms with Gasteiger partial charge in [-0.2, -0.15) is 0 Å². The maximum atomic E-state index is 5.32. The zero-order valence-electron chi connectivity index (χ0n) is 14.7. The lowest BCUT2D eigenvalue weighted by Crippen LogP contribution is -2.41. The number of hydrogen-bond donors (Lipinski definition) is 2. The predicted molar refractivity (Wildman–Crippen MR) is 93.7 cm³/mol. The molecule has 1 atom stereocenters. The lowest BCUT2D eigenvalue weighted by Gasteiger charge is -2.24. The highest BCUT2D eigenvalue weighted by molar-refractivity contribution is 5.80. The van der Waals surface area contributed by atoms with Crippen LogP contribution in [0.25, 0.3) is 0 Å². The first-order valence-electron chi connectivity index (χ1n) is 7.83. The van der Waals surface area contributed by atoms with Crippen LogP contribution < -0.4 is 15.4 Å². The van der Waals surface area contributed by atoms with Gasteiger partial charge < -0.3 is 20.3 Å². The van der Waals surface area contributed by atoms with Crippen molar-refractivity contribution < 1.29 is 4.74 Å². The molecule has 5 nitrogen and oxygen atoms in total. The van der Waals surface area contributed by atoms with Crippen molar-refractivity contribution in [1.82, 2.24) is 15.5 Å². The van der Waals surface area contributed by atoms with E-state index >= 15 is 0 Å². The van der Waals surface area contributed by atoms with Crippen molar-refractivity contribution in [2.45, 2.75) is 32.9 Å². The average Bonchev–Trinajstić information content (AvgIpc) is 2.47. The van der Waals surface area contributed by atoms with Gasteiger partial charge in [0.1, 0.15) is 5.75 Å². The van der Waals surface area contributed by atoms with Gasteiger partial charge in [0.15, 0.2) is 5.96 Å². The molecule has 0 amide bonds. The van der Waals surface area contributed by atoms with E-state index in [1.54, 1.807) is 7.11 Å². The first kappa shape index (κ1) is 18.3. The first-order chi connectivity index (χ1) is 10.5. The van der Waals surface area contributed by atoms with Gasteiger partial charge in [-0.3, -0.25) is 4.99 Å². The van der Waals surface area contributed by atoms with Gasteiger partial charge in [-0.25, -0.2) is 0 Å². The Bertz CT molecular complexity index is 471. The monoisotopic (exact) mass is 306 g/mol. The van der Waals surface area contributed by atoms with Crippen LogP contribution in [-0.2, 0) is 0 Å². The number of hydrogen-bond acceptors (Lipinski definition) is 3. The number of rotatable bonds is 7. The van der Waals surface area contributed by atoms with Crippen molar-refractivity contribution in [3.8, 4) is 5.75 Å². The molecule has 0 bridgehead atoms. The van der Waals surface area contributed by atoms with Crippen LogP contribution in [0.15, 0.2) is 29.3 Å². The van der Waals surface area contributed by atoms with Crippen molar-refractivity contribution in [2.24, 2.45) is 4.99 Å². The minimum absolute atomic E-state index is 0.206. The number of methoxy groups -OCH3 is 1. The third-order valence-electron chi connectivity index (χ3n) is 3.29. The molecule has 0 radical (unpaired) electrons. The second-order valence-electron chi connectivity index (χ2n) is 5.77. The van der Waals surface area contributed by atoms with Gasteiger partial charge in [-0.05, 0) is 52.6 Å². The fourth-order valence-electron chi connectivity index (χ4n) is 2.19. The smallest absolute Gasteiger partial charge is 0.191 e. The second kappa shape index (κ2) is 9.30. The number of guanidine groups is 1. The summed E-state index contributed by atoms with van der Waals surface area (Å²) in [5.41, 5.74) is 1.20. The third-order valence-corrected chi connectivity index (χ3v) is 3.29. The van der Waals surface area contributed by atoms with Gasteiger partial charge >= 0.3 is 0 Å². The van der Waals surface area contributed by atoms with Crippen LogP contribution in [0.3, 0.4) is 0 Å². The molecule has 0 spiro atoms. The zero-order chi connectivity index (χ0) is 16.5. The van der Waals surface area contributed by atoms with E-state index < -0.39 is 0 Å². The van der Waals surface area contributed by atoms with Crippen molar-refractivity contribution >= 4 is 5.96 Å². The summed E-state index contributed by atoms with van der Waals surface area (Å²) < 4.78 is 5.32. The minimum Gasteiger partial charge on any atom is -0.497 e. The Morgan fingerprint density at radius 2 is 2.05 bits per heavy atom. The van der Waals surface area contributed by atoms with E-state index in [4.69, 9.17) is 9.73 Å². The highest BCUT2D eigenvalue weighted by Crippen LogP contribution is 2.22. The van der Waals surface area contributed by atoms with Crippen LogP contribution in [0, 0.1) is 0 Å². The summed E-state index contributed by atoms with van der Waals surface area (Å²) in [7, 11) is 5.84. The Morgan fingerprint density at radius 3 is 2.59 bits per heavy atom. The lowest BCUT2D eigenvalue weighted by atomic mass is 10.1. The summed E-state index contributed by atoms with van der Waals surface area (Å²) in [6, 6.07) is 8.73. The van der Waals surface area contributed by atoms with Gasteiger partial charge in [0.05, 0.1) is 19.7 Å². The van der Waals surface area contributed by atoms with Gasteiger partial charge in [0, 0.05) is 12.6 Å². The van der Waals surface area contributed by atoms with Crippen molar-refractivity contribution in [3.63, 3.8) is 0 Å². The summed E-state index contributed by atoms with van der Waals surface area (Å²) in [6.45, 7) is 7.83. The van der Waals surface area contributed by atoms with E-state index in [1.165, 1.54) is 5.56 Å². The molecule has 0 aliphatic heterocycles. The normalized spacial score (nSPS) is 13.4. The number of nitrogens with one attached hydrogen (secondary N) is 2. The third kappa shape index (κ3) is 5.93. The Labute approximate surface area is 134 Å². The number of nitrogens with zero attached hydrogens (tertiary/aromatic N) is 2. The highest BCUT2D eigenvalue weighted by atomic mass is 16.5. The number of benzene rings is 1. The topological polar surface area (TPSA) is 48.9 Å². The van der Waals surface area contributed by atoms with Crippen LogP contribution in [0.5, 0.6) is 5.75 Å². The first-order valence-corrected chi connectivity index (χ1v) is 7.83. The summed E-state index contributed by atoms with van der Waals surface area (Å²) in [5, 5.41) is 6.62. The zero-order valence-corrected chi connectivity index (χ0v) is 14.7. The lowest BCUT2D eigenvalue weighted by molar-refractivity contribution is 0.305. The molecular weight excluding hydrogens is 276 g/mol. The van der Waals surface area contributed by atoms with Gasteiger partial charge in [-0.1, -0.05) is 12.1 Å². The van der Waals surface area contributed by atoms with Crippen molar-refractivity contribution in [3.05, 3.63) is 29.8 Å². The molecular formula is C17H30N4O. The molecule has 0 heterocycles. The summed E-state index contributed by atoms with van der Waals surface area (Å²) >= 11 is 0. The molecule has 5 heteroatoms. The van der Waals surface area contributed by atoms with E-state index in [9.17, 15) is 0 Å². The Kier molecular flexibility index (Phi) is 7.74. The predicted octanol–water partition coefficient (Wildman–Crippen LogP) is 2.26. The van der Waals surface area contributed by atoms with Gasteiger partial charge in [0.2, 0.25) is 0 Å². The molecule has 0 fully saturated rings. The molecule has 22 heavy (non-hydrogen) atoms. The second-order valence-corrected chi connectivity index (χ2v) is 5.77. The summed E-state index contributed by atoms with van der Waals surface area (Å²) in [4.78, 5) is 6.90. The molecule has 0 saturated carbocycles. The minimum atomic E-state index is 0.206. The van der Waals surface area contributed by atoms with Gasteiger partial charge in [-0.15, -0.1) is 0 Å². The summed E-state index contributed by atoms with van der Waals surface area (Å²) in [5.74, 6) is 1.73. The van der Waals surface area contributed by atoms with E-state index in [1.807, 2.05) is 12.1 Å². The quantitative estimate of drug-likeness (QED) is 0.599. The molecule has 1 unspecified atom stereocenters. The van der Waals surface area contributed by atoms with E-state index in [2.05, 4.69) is 62.5 Å². The molecule has 1 aromatic carbocycles. The molecule has 0 aliphatic carbocycles. The van der Waals surface area contributed by atoms with Crippen molar-refractivity contribution in [2.75, 3.05) is 34.3 Å². The van der Waals surface area contributed by atoms with E-state index in [0.717, 1.165) is 18.3 Å².